The fourth-order valence-corrected chi connectivity index (χ4v) is 3.68. The lowest BCUT2D eigenvalue weighted by molar-refractivity contribution is 0.0941. The number of halogens is 1. The van der Waals surface area contributed by atoms with Crippen LogP contribution in [0.25, 0.3) is 0 Å². The summed E-state index contributed by atoms with van der Waals surface area (Å²) in [6, 6.07) is 5.70. The van der Waals surface area contributed by atoms with Gasteiger partial charge in [-0.3, -0.25) is 9.59 Å². The van der Waals surface area contributed by atoms with Crippen molar-refractivity contribution in [2.24, 2.45) is 0 Å². The van der Waals surface area contributed by atoms with Crippen LogP contribution in [0.2, 0.25) is 0 Å². The number of hydrogen-bond donors (Lipinski definition) is 3. The van der Waals surface area contributed by atoms with Gasteiger partial charge >= 0.3 is 0 Å². The lowest BCUT2D eigenvalue weighted by atomic mass is 10.1. The molecule has 27 heavy (non-hydrogen) atoms. The van der Waals surface area contributed by atoms with Gasteiger partial charge in [-0.1, -0.05) is 12.1 Å². The number of benzene rings is 1. The number of H-pyrrole nitrogens is 1. The van der Waals surface area contributed by atoms with Gasteiger partial charge in [-0.2, -0.15) is 11.8 Å². The second kappa shape index (κ2) is 8.64. The summed E-state index contributed by atoms with van der Waals surface area (Å²) in [5, 5.41) is 12.3. The first kappa shape index (κ1) is 19.5. The zero-order valence-corrected chi connectivity index (χ0v) is 15.5. The smallest absolute Gasteiger partial charge is 0.270 e. The molecule has 1 saturated heterocycles. The van der Waals surface area contributed by atoms with E-state index in [0.29, 0.717) is 24.6 Å². The number of hydrogen-bond acceptors (Lipinski definition) is 6. The number of carbonyl (C=O) groups is 1. The van der Waals surface area contributed by atoms with E-state index < -0.39 is 18.1 Å². The molecular weight excluding hydrogens is 373 g/mol. The zero-order chi connectivity index (χ0) is 19.4. The number of aliphatic hydroxyl groups is 1. The Bertz CT molecular complexity index is 872. The topological polar surface area (TPSA) is 104 Å². The number of amides is 1. The van der Waals surface area contributed by atoms with E-state index >= 15 is 0 Å². The molecule has 1 amide bonds. The lowest BCUT2D eigenvalue weighted by Gasteiger charge is -2.16. The van der Waals surface area contributed by atoms with Gasteiger partial charge in [0, 0.05) is 11.8 Å². The van der Waals surface area contributed by atoms with Crippen molar-refractivity contribution in [3.8, 4) is 0 Å². The molecule has 3 N–H and O–H groups in total. The number of ether oxygens (including phenoxy) is 1. The number of carbonyl (C=O) groups excluding carboxylic acids is 1. The average molecular weight is 393 g/mol. The van der Waals surface area contributed by atoms with Crippen molar-refractivity contribution < 1.29 is 19.0 Å². The van der Waals surface area contributed by atoms with E-state index in [-0.39, 0.29) is 34.8 Å². The van der Waals surface area contributed by atoms with Gasteiger partial charge < -0.3 is 20.1 Å². The maximum Gasteiger partial charge on any atom is 0.270 e. The summed E-state index contributed by atoms with van der Waals surface area (Å²) in [6.45, 7) is 0.496. The van der Waals surface area contributed by atoms with Gasteiger partial charge in [0.25, 0.3) is 11.5 Å². The highest BCUT2D eigenvalue weighted by Gasteiger charge is 2.32. The Balaban J connectivity index is 1.85. The van der Waals surface area contributed by atoms with Gasteiger partial charge in [-0.05, 0) is 24.0 Å². The van der Waals surface area contributed by atoms with Crippen LogP contribution >= 0.6 is 11.8 Å². The van der Waals surface area contributed by atoms with Crippen LogP contribution in [-0.2, 0) is 17.9 Å². The minimum absolute atomic E-state index is 0.0880. The van der Waals surface area contributed by atoms with Gasteiger partial charge in [0.2, 0.25) is 0 Å². The van der Waals surface area contributed by atoms with Crippen molar-refractivity contribution in [1.29, 1.82) is 0 Å². The van der Waals surface area contributed by atoms with E-state index in [9.17, 15) is 19.1 Å². The third-order valence-corrected chi connectivity index (χ3v) is 5.53. The molecule has 0 aliphatic carbocycles. The van der Waals surface area contributed by atoms with Crippen LogP contribution in [0.5, 0.6) is 0 Å². The Kier molecular flexibility index (Phi) is 6.25. The molecule has 1 fully saturated rings. The van der Waals surface area contributed by atoms with Crippen molar-refractivity contribution in [3.05, 3.63) is 63.1 Å². The number of aromatic nitrogens is 2. The van der Waals surface area contributed by atoms with Crippen molar-refractivity contribution in [2.75, 3.05) is 19.5 Å². The van der Waals surface area contributed by atoms with Gasteiger partial charge in [0.05, 0.1) is 31.3 Å². The molecular formula is C18H20FN3O4S. The van der Waals surface area contributed by atoms with Crippen molar-refractivity contribution in [1.82, 2.24) is 15.3 Å². The van der Waals surface area contributed by atoms with Crippen LogP contribution in [0.3, 0.4) is 0 Å². The summed E-state index contributed by atoms with van der Waals surface area (Å²) < 4.78 is 18.4. The summed E-state index contributed by atoms with van der Waals surface area (Å²) in [6.07, 6.45) is 1.95. The van der Waals surface area contributed by atoms with E-state index in [1.165, 1.54) is 12.1 Å². The fraction of sp³-hybridized carbons (Fsp3) is 0.389. The third kappa shape index (κ3) is 4.37. The molecule has 7 nitrogen and oxygen atoms in total. The molecule has 0 bridgehead atoms. The number of nitrogens with one attached hydrogen (secondary N) is 2. The zero-order valence-electron chi connectivity index (χ0n) is 14.7. The molecule has 3 rings (SSSR count). The standard InChI is InChI=1S/C18H20FN3O4S/c1-27-14-9-26-8-13(14)16-21-15(12(7-23)17(24)22-16)18(25)20-6-10-2-4-11(19)5-3-10/h2-5,13-14,23H,6-9H2,1H3,(H,20,25)(H,21,22,24). The average Bonchev–Trinajstić information content (AvgIpc) is 3.15. The summed E-state index contributed by atoms with van der Waals surface area (Å²) in [5.74, 6) is -0.698. The normalized spacial score (nSPS) is 19.2. The highest BCUT2D eigenvalue weighted by Crippen LogP contribution is 2.30. The van der Waals surface area contributed by atoms with Gasteiger partial charge in [0.15, 0.2) is 0 Å². The molecule has 1 aliphatic heterocycles. The van der Waals surface area contributed by atoms with Crippen molar-refractivity contribution in [2.45, 2.75) is 24.3 Å². The molecule has 1 aromatic heterocycles. The number of aromatic amines is 1. The summed E-state index contributed by atoms with van der Waals surface area (Å²) >= 11 is 1.61. The predicted molar refractivity (Wildman–Crippen MR) is 99.2 cm³/mol. The van der Waals surface area contributed by atoms with E-state index in [1.54, 1.807) is 23.9 Å². The fourth-order valence-electron chi connectivity index (χ4n) is 2.92. The first-order valence-corrected chi connectivity index (χ1v) is 9.69. The summed E-state index contributed by atoms with van der Waals surface area (Å²) in [7, 11) is 0. The van der Waals surface area contributed by atoms with E-state index in [1.807, 2.05) is 6.26 Å². The molecule has 9 heteroatoms. The molecule has 1 aromatic carbocycles. The van der Waals surface area contributed by atoms with Crippen LogP contribution < -0.4 is 10.9 Å². The number of aliphatic hydroxyl groups excluding tert-OH is 1. The number of thioether (sulfide) groups is 1. The maximum atomic E-state index is 13.0. The van der Waals surface area contributed by atoms with Crippen LogP contribution in [0.15, 0.2) is 29.1 Å². The Labute approximate surface area is 159 Å². The Morgan fingerprint density at radius 2 is 2.15 bits per heavy atom. The molecule has 2 atom stereocenters. The quantitative estimate of drug-likeness (QED) is 0.681. The van der Waals surface area contributed by atoms with Gasteiger partial charge in [0.1, 0.15) is 17.3 Å². The van der Waals surface area contributed by atoms with Crippen LogP contribution in [-0.4, -0.2) is 45.7 Å². The summed E-state index contributed by atoms with van der Waals surface area (Å²) in [5.41, 5.74) is -0.0340. The molecule has 2 unspecified atom stereocenters. The predicted octanol–water partition coefficient (Wildman–Crippen LogP) is 1.18. The first-order chi connectivity index (χ1) is 13.0. The van der Waals surface area contributed by atoms with Crippen molar-refractivity contribution >= 4 is 17.7 Å². The largest absolute Gasteiger partial charge is 0.391 e. The summed E-state index contributed by atoms with van der Waals surface area (Å²) in [4.78, 5) is 31.9. The Morgan fingerprint density at radius 3 is 2.81 bits per heavy atom. The third-order valence-electron chi connectivity index (χ3n) is 4.46. The number of nitrogens with zero attached hydrogens (tertiary/aromatic N) is 1. The first-order valence-electron chi connectivity index (χ1n) is 8.40. The monoisotopic (exact) mass is 393 g/mol. The second-order valence-electron chi connectivity index (χ2n) is 6.16. The minimum Gasteiger partial charge on any atom is -0.391 e. The Hall–Kier alpha value is -2.23. The second-order valence-corrected chi connectivity index (χ2v) is 7.24. The lowest BCUT2D eigenvalue weighted by Crippen LogP contribution is -2.31. The SMILES string of the molecule is CSC1COCC1c1nc(C(=O)NCc2ccc(F)cc2)c(CO)c(=O)[nH]1. The van der Waals surface area contributed by atoms with Gasteiger partial charge in [-0.15, -0.1) is 0 Å². The van der Waals surface area contributed by atoms with Crippen LogP contribution in [0.1, 0.15) is 33.4 Å². The van der Waals surface area contributed by atoms with Gasteiger partial charge in [-0.25, -0.2) is 9.37 Å². The molecule has 2 heterocycles. The molecule has 0 saturated carbocycles. The molecule has 2 aromatic rings. The highest BCUT2D eigenvalue weighted by molar-refractivity contribution is 7.99. The minimum atomic E-state index is -0.602. The van der Waals surface area contributed by atoms with Crippen molar-refractivity contribution in [3.63, 3.8) is 0 Å². The van der Waals surface area contributed by atoms with Crippen LogP contribution in [0, 0.1) is 5.82 Å². The molecule has 0 radical (unpaired) electrons. The highest BCUT2D eigenvalue weighted by atomic mass is 32.2. The van der Waals surface area contributed by atoms with Crippen LogP contribution in [0.4, 0.5) is 4.39 Å². The van der Waals surface area contributed by atoms with E-state index in [4.69, 9.17) is 4.74 Å². The molecule has 0 spiro atoms. The Morgan fingerprint density at radius 1 is 1.41 bits per heavy atom. The molecule has 144 valence electrons. The number of rotatable bonds is 6. The maximum absolute atomic E-state index is 13.0. The van der Waals surface area contributed by atoms with E-state index in [2.05, 4.69) is 15.3 Å². The molecule has 1 aliphatic rings. The van der Waals surface area contributed by atoms with E-state index in [0.717, 1.165) is 0 Å².